The molecular weight excluding hydrogens is 352 g/mol. The van der Waals surface area contributed by atoms with Crippen LogP contribution in [0.25, 0.3) is 0 Å². The fourth-order valence-electron chi connectivity index (χ4n) is 3.65. The Hall–Kier alpha value is -2.17. The monoisotopic (exact) mass is 386 g/mol. The molecule has 28 heavy (non-hydrogen) atoms. The van der Waals surface area contributed by atoms with Gasteiger partial charge in [0.25, 0.3) is 5.91 Å². The highest BCUT2D eigenvalue weighted by molar-refractivity contribution is 6.23. The zero-order chi connectivity index (χ0) is 21.4. The summed E-state index contributed by atoms with van der Waals surface area (Å²) in [6.07, 6.45) is 0.350. The van der Waals surface area contributed by atoms with Crippen molar-refractivity contribution in [2.45, 2.75) is 85.7 Å². The van der Waals surface area contributed by atoms with Crippen LogP contribution in [0.15, 0.2) is 24.3 Å². The third kappa shape index (κ3) is 4.81. The maximum Gasteiger partial charge on any atom is 0.257 e. The number of benzene rings is 1. The van der Waals surface area contributed by atoms with Crippen LogP contribution in [-0.2, 0) is 14.4 Å². The van der Waals surface area contributed by atoms with Gasteiger partial charge < -0.3 is 4.90 Å². The van der Waals surface area contributed by atoms with Crippen molar-refractivity contribution >= 4 is 23.4 Å². The van der Waals surface area contributed by atoms with Crippen molar-refractivity contribution in [3.63, 3.8) is 0 Å². The van der Waals surface area contributed by atoms with E-state index in [9.17, 15) is 14.4 Å². The molecule has 0 radical (unpaired) electrons. The third-order valence-electron chi connectivity index (χ3n) is 4.93. The minimum absolute atomic E-state index is 0.0257. The summed E-state index contributed by atoms with van der Waals surface area (Å²) in [7, 11) is 0. The summed E-state index contributed by atoms with van der Waals surface area (Å²) in [4.78, 5) is 41.8. The van der Waals surface area contributed by atoms with E-state index in [0.717, 1.165) is 5.56 Å². The van der Waals surface area contributed by atoms with Crippen LogP contribution in [0.2, 0.25) is 0 Å². The van der Waals surface area contributed by atoms with Crippen LogP contribution in [0.1, 0.15) is 79.7 Å². The van der Waals surface area contributed by atoms with Gasteiger partial charge in [-0.25, -0.2) is 4.90 Å². The maximum absolute atomic E-state index is 13.2. The number of anilines is 1. The van der Waals surface area contributed by atoms with Crippen molar-refractivity contribution < 1.29 is 14.4 Å². The summed E-state index contributed by atoms with van der Waals surface area (Å²) in [6, 6.07) is 6.75. The van der Waals surface area contributed by atoms with Crippen LogP contribution in [0, 0.1) is 5.41 Å². The predicted octanol–water partition coefficient (Wildman–Crippen LogP) is 4.51. The number of nitrogens with zero attached hydrogens (tertiary/aromatic N) is 2. The van der Waals surface area contributed by atoms with E-state index in [-0.39, 0.29) is 29.6 Å². The predicted molar refractivity (Wildman–Crippen MR) is 112 cm³/mol. The summed E-state index contributed by atoms with van der Waals surface area (Å²) in [5, 5.41) is 0. The average Bonchev–Trinajstić information content (AvgIpc) is 2.79. The number of imide groups is 1. The van der Waals surface area contributed by atoms with Gasteiger partial charge in [-0.2, -0.15) is 0 Å². The molecule has 0 bridgehead atoms. The molecule has 1 aliphatic rings. The highest BCUT2D eigenvalue weighted by Crippen LogP contribution is 2.32. The number of carbonyl (C=O) groups excluding carboxylic acids is 3. The Morgan fingerprint density at radius 2 is 1.61 bits per heavy atom. The normalized spacial score (nSPS) is 18.2. The van der Waals surface area contributed by atoms with E-state index in [1.807, 2.05) is 65.8 Å². The Kier molecular flexibility index (Phi) is 6.07. The van der Waals surface area contributed by atoms with Crippen molar-refractivity contribution in [3.8, 4) is 0 Å². The Morgan fingerprint density at radius 1 is 1.07 bits per heavy atom. The standard InChI is InChI=1S/C23H34N2O3/c1-15(2)16-9-11-17(12-10-16)24-19(26)13-18(21(24)28)25(23(6,7)8)20(27)14-22(3,4)5/h9-12,15,18H,13-14H2,1-8H3. The summed E-state index contributed by atoms with van der Waals surface area (Å²) in [5.41, 5.74) is 0.967. The fourth-order valence-corrected chi connectivity index (χ4v) is 3.65. The van der Waals surface area contributed by atoms with Gasteiger partial charge in [-0.05, 0) is 49.8 Å². The fraction of sp³-hybridized carbons (Fsp3) is 0.609. The first kappa shape index (κ1) is 22.1. The average molecular weight is 387 g/mol. The smallest absolute Gasteiger partial charge is 0.257 e. The van der Waals surface area contributed by atoms with E-state index in [1.165, 1.54) is 4.90 Å². The lowest BCUT2D eigenvalue weighted by Crippen LogP contribution is -2.55. The second-order valence-corrected chi connectivity index (χ2v) is 10.2. The molecule has 1 heterocycles. The van der Waals surface area contributed by atoms with Crippen molar-refractivity contribution in [2.24, 2.45) is 5.41 Å². The molecule has 0 N–H and O–H groups in total. The Morgan fingerprint density at radius 3 is 2.04 bits per heavy atom. The quantitative estimate of drug-likeness (QED) is 0.716. The number of hydrogen-bond acceptors (Lipinski definition) is 3. The third-order valence-corrected chi connectivity index (χ3v) is 4.93. The van der Waals surface area contributed by atoms with Crippen LogP contribution >= 0.6 is 0 Å². The lowest BCUT2D eigenvalue weighted by atomic mass is 9.89. The molecule has 1 aromatic carbocycles. The second-order valence-electron chi connectivity index (χ2n) is 10.2. The summed E-state index contributed by atoms with van der Waals surface area (Å²) in [6.45, 7) is 15.9. The molecule has 0 aromatic heterocycles. The zero-order valence-electron chi connectivity index (χ0n) is 18.5. The van der Waals surface area contributed by atoms with Gasteiger partial charge in [-0.15, -0.1) is 0 Å². The number of amides is 3. The summed E-state index contributed by atoms with van der Waals surface area (Å²) < 4.78 is 0. The second kappa shape index (κ2) is 7.69. The van der Waals surface area contributed by atoms with E-state index in [4.69, 9.17) is 0 Å². The molecule has 0 aliphatic carbocycles. The van der Waals surface area contributed by atoms with Crippen molar-refractivity contribution in [2.75, 3.05) is 4.90 Å². The van der Waals surface area contributed by atoms with E-state index >= 15 is 0 Å². The molecule has 1 unspecified atom stereocenters. The first-order valence-corrected chi connectivity index (χ1v) is 10.0. The van der Waals surface area contributed by atoms with E-state index in [2.05, 4.69) is 13.8 Å². The van der Waals surface area contributed by atoms with Gasteiger partial charge in [0.2, 0.25) is 11.8 Å². The van der Waals surface area contributed by atoms with Crippen molar-refractivity contribution in [3.05, 3.63) is 29.8 Å². The van der Waals surface area contributed by atoms with Gasteiger partial charge in [0.05, 0.1) is 12.1 Å². The number of rotatable bonds is 4. The molecule has 5 nitrogen and oxygen atoms in total. The van der Waals surface area contributed by atoms with E-state index < -0.39 is 11.6 Å². The topological polar surface area (TPSA) is 57.7 Å². The molecule has 1 saturated heterocycles. The number of hydrogen-bond donors (Lipinski definition) is 0. The van der Waals surface area contributed by atoms with Crippen LogP contribution in [0.5, 0.6) is 0 Å². The number of carbonyl (C=O) groups is 3. The first-order valence-electron chi connectivity index (χ1n) is 10.0. The molecule has 1 atom stereocenters. The van der Waals surface area contributed by atoms with Crippen LogP contribution in [-0.4, -0.2) is 34.2 Å². The van der Waals surface area contributed by atoms with Crippen LogP contribution < -0.4 is 4.90 Å². The van der Waals surface area contributed by atoms with Gasteiger partial charge in [-0.1, -0.05) is 46.8 Å². The lowest BCUT2D eigenvalue weighted by molar-refractivity contribution is -0.145. The van der Waals surface area contributed by atoms with E-state index in [0.29, 0.717) is 18.0 Å². The zero-order valence-corrected chi connectivity index (χ0v) is 18.5. The lowest BCUT2D eigenvalue weighted by Gasteiger charge is -2.40. The molecule has 3 amide bonds. The molecule has 2 rings (SSSR count). The first-order chi connectivity index (χ1) is 12.7. The van der Waals surface area contributed by atoms with E-state index in [1.54, 1.807) is 4.90 Å². The molecule has 5 heteroatoms. The SMILES string of the molecule is CC(C)c1ccc(N2C(=O)CC(N(C(=O)CC(C)(C)C)C(C)(C)C)C2=O)cc1. The molecule has 1 fully saturated rings. The van der Waals surface area contributed by atoms with Crippen molar-refractivity contribution in [1.29, 1.82) is 0 Å². The molecule has 0 spiro atoms. The Labute approximate surface area is 169 Å². The molecule has 1 aromatic rings. The van der Waals surface area contributed by atoms with Crippen LogP contribution in [0.3, 0.4) is 0 Å². The highest BCUT2D eigenvalue weighted by atomic mass is 16.2. The van der Waals surface area contributed by atoms with Crippen molar-refractivity contribution in [1.82, 2.24) is 4.90 Å². The molecule has 154 valence electrons. The van der Waals surface area contributed by atoms with Gasteiger partial charge in [0.15, 0.2) is 0 Å². The molecular formula is C23H34N2O3. The minimum atomic E-state index is -0.757. The van der Waals surface area contributed by atoms with Crippen LogP contribution in [0.4, 0.5) is 5.69 Å². The van der Waals surface area contributed by atoms with Gasteiger partial charge >= 0.3 is 0 Å². The maximum atomic E-state index is 13.2. The summed E-state index contributed by atoms with van der Waals surface area (Å²) >= 11 is 0. The minimum Gasteiger partial charge on any atom is -0.325 e. The highest BCUT2D eigenvalue weighted by Gasteiger charge is 2.47. The Bertz CT molecular complexity index is 752. The van der Waals surface area contributed by atoms with Gasteiger partial charge in [0.1, 0.15) is 6.04 Å². The Balaban J connectivity index is 2.34. The largest absolute Gasteiger partial charge is 0.325 e. The summed E-state index contributed by atoms with van der Waals surface area (Å²) in [5.74, 6) is -0.300. The van der Waals surface area contributed by atoms with Gasteiger partial charge in [-0.3, -0.25) is 14.4 Å². The molecule has 0 saturated carbocycles. The van der Waals surface area contributed by atoms with Gasteiger partial charge in [0, 0.05) is 12.0 Å². The molecule has 1 aliphatic heterocycles.